The maximum absolute atomic E-state index is 4.45. The monoisotopic (exact) mass is 357 g/mol. The Morgan fingerprint density at radius 1 is 1.19 bits per heavy atom. The molecule has 4 rings (SSSR count). The molecule has 0 N–H and O–H groups in total. The van der Waals surface area contributed by atoms with Crippen LogP contribution in [0, 0.1) is 12.8 Å². The normalized spacial score (nSPS) is 24.5. The molecule has 2 aromatic rings. The minimum Gasteiger partial charge on any atom is -0.311 e. The van der Waals surface area contributed by atoms with Crippen molar-refractivity contribution in [3.05, 3.63) is 29.6 Å². The highest BCUT2D eigenvalue weighted by atomic mass is 15.3. The van der Waals surface area contributed by atoms with Crippen LogP contribution in [0.1, 0.15) is 55.0 Å². The fourth-order valence-corrected chi connectivity index (χ4v) is 4.61. The molecular weight excluding hydrogens is 326 g/mol. The van der Waals surface area contributed by atoms with Crippen LogP contribution in [0.3, 0.4) is 0 Å². The summed E-state index contributed by atoms with van der Waals surface area (Å²) in [7, 11) is 6.47. The summed E-state index contributed by atoms with van der Waals surface area (Å²) in [6.07, 6.45) is 9.28. The second-order valence-corrected chi connectivity index (χ2v) is 8.24. The van der Waals surface area contributed by atoms with Crippen LogP contribution >= 0.6 is 0 Å². The van der Waals surface area contributed by atoms with Crippen LogP contribution in [0.4, 0.5) is 0 Å². The van der Waals surface area contributed by atoms with Crippen molar-refractivity contribution < 1.29 is 0 Å². The van der Waals surface area contributed by atoms with Crippen LogP contribution < -0.4 is 0 Å². The summed E-state index contributed by atoms with van der Waals surface area (Å²) >= 11 is 0. The molecule has 0 aromatic carbocycles. The summed E-state index contributed by atoms with van der Waals surface area (Å²) in [4.78, 5) is 4.92. The summed E-state index contributed by atoms with van der Waals surface area (Å²) in [5.74, 6) is 2.79. The topological polar surface area (TPSA) is 55.0 Å². The first-order valence-electron chi connectivity index (χ1n) is 9.80. The van der Waals surface area contributed by atoms with Gasteiger partial charge in [0, 0.05) is 37.4 Å². The quantitative estimate of drug-likeness (QED) is 0.793. The third-order valence-corrected chi connectivity index (χ3v) is 5.88. The van der Waals surface area contributed by atoms with E-state index in [1.54, 1.807) is 0 Å². The van der Waals surface area contributed by atoms with E-state index in [4.69, 9.17) is 0 Å². The van der Waals surface area contributed by atoms with Crippen molar-refractivity contribution in [2.24, 2.45) is 13.0 Å². The van der Waals surface area contributed by atoms with Crippen molar-refractivity contribution in [3.8, 4) is 0 Å². The number of aromatic nitrogens is 5. The lowest BCUT2D eigenvalue weighted by Gasteiger charge is -2.40. The Labute approximate surface area is 156 Å². The maximum Gasteiger partial charge on any atom is 0.147 e. The van der Waals surface area contributed by atoms with Crippen molar-refractivity contribution >= 4 is 0 Å². The van der Waals surface area contributed by atoms with Crippen LogP contribution in [-0.2, 0) is 13.6 Å². The molecule has 2 fully saturated rings. The molecule has 1 saturated carbocycles. The van der Waals surface area contributed by atoms with Gasteiger partial charge in [-0.05, 0) is 59.2 Å². The van der Waals surface area contributed by atoms with Crippen LogP contribution in [0.25, 0.3) is 0 Å². The van der Waals surface area contributed by atoms with Crippen molar-refractivity contribution in [1.29, 1.82) is 0 Å². The largest absolute Gasteiger partial charge is 0.311 e. The minimum absolute atomic E-state index is 0.447. The number of hydrogen-bond donors (Lipinski definition) is 0. The lowest BCUT2D eigenvalue weighted by molar-refractivity contribution is 0.0915. The number of piperidine rings is 1. The lowest BCUT2D eigenvalue weighted by Crippen LogP contribution is -2.41. The highest BCUT2D eigenvalue weighted by molar-refractivity contribution is 5.13. The number of aryl methyl sites for hydroxylation is 2. The van der Waals surface area contributed by atoms with Gasteiger partial charge in [0.05, 0.1) is 12.7 Å². The van der Waals surface area contributed by atoms with Gasteiger partial charge in [0.15, 0.2) is 0 Å². The lowest BCUT2D eigenvalue weighted by atomic mass is 9.86. The zero-order valence-electron chi connectivity index (χ0n) is 16.5. The molecule has 1 saturated heterocycles. The molecule has 2 atom stereocenters. The molecule has 0 unspecified atom stereocenters. The number of hydrogen-bond acceptors (Lipinski definition) is 5. The summed E-state index contributed by atoms with van der Waals surface area (Å²) in [5, 5.41) is 13.2. The zero-order chi connectivity index (χ0) is 18.3. The average molecular weight is 358 g/mol. The van der Waals surface area contributed by atoms with E-state index >= 15 is 0 Å². The second kappa shape index (κ2) is 7.12. The highest BCUT2D eigenvalue weighted by Gasteiger charge is 2.33. The molecular formula is C19H31N7. The molecule has 0 spiro atoms. The predicted octanol–water partition coefficient (Wildman–Crippen LogP) is 2.17. The van der Waals surface area contributed by atoms with Crippen LogP contribution in [0.15, 0.2) is 12.4 Å². The SMILES string of the molecule is Cc1nnc(CN(C)C[C@@H]2CCCN(C)[C@H]2c2cnn(C)c2)n1C1CC1. The molecule has 0 radical (unpaired) electrons. The minimum atomic E-state index is 0.447. The molecule has 3 heterocycles. The predicted molar refractivity (Wildman–Crippen MR) is 101 cm³/mol. The van der Waals surface area contributed by atoms with E-state index < -0.39 is 0 Å². The molecule has 7 nitrogen and oxygen atoms in total. The third-order valence-electron chi connectivity index (χ3n) is 5.88. The van der Waals surface area contributed by atoms with Gasteiger partial charge in [0.1, 0.15) is 11.6 Å². The van der Waals surface area contributed by atoms with Gasteiger partial charge in [-0.2, -0.15) is 5.10 Å². The first kappa shape index (κ1) is 17.7. The van der Waals surface area contributed by atoms with Gasteiger partial charge in [-0.1, -0.05) is 0 Å². The molecule has 26 heavy (non-hydrogen) atoms. The molecule has 2 aromatic heterocycles. The summed E-state index contributed by atoms with van der Waals surface area (Å²) in [6.45, 7) is 5.18. The van der Waals surface area contributed by atoms with Gasteiger partial charge >= 0.3 is 0 Å². The summed E-state index contributed by atoms with van der Waals surface area (Å²) < 4.78 is 4.27. The standard InChI is InChI=1S/C19H31N7/c1-14-21-22-18(26(14)17-7-8-17)13-23(2)11-15-6-5-9-24(3)19(15)16-10-20-25(4)12-16/h10,12,15,17,19H,5-9,11,13H2,1-4H3/t15-,19+/m0/s1. The number of likely N-dealkylation sites (tertiary alicyclic amines) is 1. The van der Waals surface area contributed by atoms with Crippen molar-refractivity contribution in [2.45, 2.75) is 51.2 Å². The molecule has 0 bridgehead atoms. The Kier molecular flexibility index (Phi) is 4.84. The second-order valence-electron chi connectivity index (χ2n) is 8.24. The molecule has 1 aliphatic heterocycles. The Morgan fingerprint density at radius 2 is 2.00 bits per heavy atom. The van der Waals surface area contributed by atoms with Gasteiger partial charge < -0.3 is 4.57 Å². The average Bonchev–Trinajstić information content (AvgIpc) is 3.23. The van der Waals surface area contributed by atoms with Crippen LogP contribution in [0.5, 0.6) is 0 Å². The molecule has 2 aliphatic rings. The van der Waals surface area contributed by atoms with Crippen molar-refractivity contribution in [2.75, 3.05) is 27.2 Å². The molecule has 0 amide bonds. The number of nitrogens with zero attached hydrogens (tertiary/aromatic N) is 7. The van der Waals surface area contributed by atoms with E-state index in [2.05, 4.69) is 56.9 Å². The summed E-state index contributed by atoms with van der Waals surface area (Å²) in [5.41, 5.74) is 1.34. The Bertz CT molecular complexity index is 745. The van der Waals surface area contributed by atoms with E-state index in [1.165, 1.54) is 31.2 Å². The smallest absolute Gasteiger partial charge is 0.147 e. The Balaban J connectivity index is 1.46. The van der Waals surface area contributed by atoms with Crippen molar-refractivity contribution in [1.82, 2.24) is 34.3 Å². The van der Waals surface area contributed by atoms with E-state index in [0.29, 0.717) is 18.0 Å². The Morgan fingerprint density at radius 3 is 2.69 bits per heavy atom. The first-order chi connectivity index (χ1) is 12.5. The zero-order valence-corrected chi connectivity index (χ0v) is 16.5. The van der Waals surface area contributed by atoms with E-state index in [1.807, 2.05) is 17.9 Å². The van der Waals surface area contributed by atoms with Gasteiger partial charge in [0.2, 0.25) is 0 Å². The van der Waals surface area contributed by atoms with Gasteiger partial charge in [0.25, 0.3) is 0 Å². The fraction of sp³-hybridized carbons (Fsp3) is 0.737. The van der Waals surface area contributed by atoms with Crippen molar-refractivity contribution in [3.63, 3.8) is 0 Å². The van der Waals surface area contributed by atoms with Gasteiger partial charge in [-0.15, -0.1) is 10.2 Å². The molecule has 1 aliphatic carbocycles. The molecule has 7 heteroatoms. The fourth-order valence-electron chi connectivity index (χ4n) is 4.61. The Hall–Kier alpha value is -1.73. The highest BCUT2D eigenvalue weighted by Crippen LogP contribution is 2.37. The van der Waals surface area contributed by atoms with E-state index in [9.17, 15) is 0 Å². The summed E-state index contributed by atoms with van der Waals surface area (Å²) in [6, 6.07) is 1.08. The third kappa shape index (κ3) is 3.55. The van der Waals surface area contributed by atoms with E-state index in [0.717, 1.165) is 31.3 Å². The number of rotatable bonds is 6. The van der Waals surface area contributed by atoms with Crippen LogP contribution in [0.2, 0.25) is 0 Å². The molecule has 142 valence electrons. The first-order valence-corrected chi connectivity index (χ1v) is 9.80. The van der Waals surface area contributed by atoms with Gasteiger partial charge in [-0.25, -0.2) is 0 Å². The van der Waals surface area contributed by atoms with Crippen LogP contribution in [-0.4, -0.2) is 61.5 Å². The van der Waals surface area contributed by atoms with E-state index in [-0.39, 0.29) is 0 Å². The maximum atomic E-state index is 4.45. The van der Waals surface area contributed by atoms with Gasteiger partial charge in [-0.3, -0.25) is 14.5 Å².